The van der Waals surface area contributed by atoms with Gasteiger partial charge in [0.25, 0.3) is 17.6 Å². The van der Waals surface area contributed by atoms with Gasteiger partial charge in [0.1, 0.15) is 41.3 Å². The Morgan fingerprint density at radius 2 is 2.22 bits per heavy atom. The number of rotatable bonds is 8. The minimum Gasteiger partial charge on any atom is -0.477 e. The molecule has 0 unspecified atom stereocenters. The van der Waals surface area contributed by atoms with Crippen LogP contribution in [0.25, 0.3) is 5.78 Å². The number of carboxylic acid groups (broad SMARTS) is 1. The summed E-state index contributed by atoms with van der Waals surface area (Å²) in [5.74, 6) is -1.30. The van der Waals surface area contributed by atoms with Gasteiger partial charge in [-0.2, -0.15) is 14.6 Å². The van der Waals surface area contributed by atoms with E-state index in [1.807, 2.05) is 13.0 Å². The Morgan fingerprint density at radius 1 is 1.41 bits per heavy atom. The zero-order chi connectivity index (χ0) is 26.3. The number of nitrogens with one attached hydrogen (secondary N) is 1. The van der Waals surface area contributed by atoms with Crippen LogP contribution in [0, 0.1) is 6.92 Å². The molecule has 2 amide bonds. The lowest BCUT2D eigenvalue weighted by Crippen LogP contribution is -2.71. The summed E-state index contributed by atoms with van der Waals surface area (Å²) in [5, 5.41) is 22.4. The summed E-state index contributed by atoms with van der Waals surface area (Å²) in [6.45, 7) is 1.83. The van der Waals surface area contributed by atoms with Crippen molar-refractivity contribution in [1.82, 2.24) is 34.8 Å². The molecule has 14 nitrogen and oxygen atoms in total. The molecule has 37 heavy (non-hydrogen) atoms. The second kappa shape index (κ2) is 9.98. The first-order valence-corrected chi connectivity index (χ1v) is 13.5. The summed E-state index contributed by atoms with van der Waals surface area (Å²) in [5.41, 5.74) is 6.98. The van der Waals surface area contributed by atoms with E-state index in [9.17, 15) is 19.5 Å². The number of aryl methyl sites for hydroxylation is 1. The number of amides is 2. The molecule has 192 valence electrons. The molecule has 3 aromatic rings. The van der Waals surface area contributed by atoms with Gasteiger partial charge in [0, 0.05) is 22.6 Å². The number of oxime groups is 1. The molecule has 0 radical (unpaired) electrons. The highest BCUT2D eigenvalue weighted by atomic mass is 32.2. The molecule has 0 aromatic carbocycles. The van der Waals surface area contributed by atoms with Crippen LogP contribution in [0.15, 0.2) is 39.2 Å². The van der Waals surface area contributed by atoms with Crippen LogP contribution in [0.1, 0.15) is 11.4 Å². The van der Waals surface area contributed by atoms with E-state index >= 15 is 0 Å². The number of fused-ring (bicyclic) bond motifs is 2. The summed E-state index contributed by atoms with van der Waals surface area (Å²) in [4.78, 5) is 56.5. The van der Waals surface area contributed by atoms with Crippen molar-refractivity contribution in [2.75, 3.05) is 24.3 Å². The Morgan fingerprint density at radius 3 is 2.92 bits per heavy atom. The van der Waals surface area contributed by atoms with Crippen molar-refractivity contribution in [2.45, 2.75) is 23.4 Å². The SMILES string of the molecule is CON=C(C(=O)N[C@@H]1C(=O)N2C(C(=O)O)=C(CSc3cc(C)nc4ncnn34)CS[C@H]12)c1csc(N)n1. The lowest BCUT2D eigenvalue weighted by atomic mass is 10.0. The van der Waals surface area contributed by atoms with Crippen molar-refractivity contribution in [1.29, 1.82) is 0 Å². The molecule has 2 atom stereocenters. The third-order valence-corrected chi connectivity index (χ3v) is 8.53. The maximum atomic E-state index is 13.0. The molecule has 5 rings (SSSR count). The first-order chi connectivity index (χ1) is 17.8. The monoisotopic (exact) mass is 561 g/mol. The summed E-state index contributed by atoms with van der Waals surface area (Å²) in [7, 11) is 1.28. The van der Waals surface area contributed by atoms with Crippen LogP contribution in [0.2, 0.25) is 0 Å². The van der Waals surface area contributed by atoms with E-state index in [-0.39, 0.29) is 22.2 Å². The molecular weight excluding hydrogens is 542 g/mol. The zero-order valence-corrected chi connectivity index (χ0v) is 21.8. The second-order valence-electron chi connectivity index (χ2n) is 7.81. The van der Waals surface area contributed by atoms with E-state index in [1.165, 1.54) is 41.9 Å². The van der Waals surface area contributed by atoms with Gasteiger partial charge in [0.2, 0.25) is 0 Å². The van der Waals surface area contributed by atoms with Crippen molar-refractivity contribution >= 4 is 69.3 Å². The van der Waals surface area contributed by atoms with Crippen LogP contribution in [-0.4, -0.2) is 88.1 Å². The average molecular weight is 562 g/mol. The molecule has 3 aromatic heterocycles. The number of nitrogens with zero attached hydrogens (tertiary/aromatic N) is 7. The number of thioether (sulfide) groups is 2. The van der Waals surface area contributed by atoms with Crippen molar-refractivity contribution in [3.05, 3.63) is 40.4 Å². The Bertz CT molecular complexity index is 1480. The predicted octanol–water partition coefficient (Wildman–Crippen LogP) is 0.353. The van der Waals surface area contributed by atoms with Gasteiger partial charge >= 0.3 is 5.97 Å². The van der Waals surface area contributed by atoms with Crippen LogP contribution in [0.3, 0.4) is 0 Å². The molecular formula is C20H19N9O5S3. The number of nitrogen functional groups attached to an aromatic ring is 1. The number of carboxylic acids is 1. The summed E-state index contributed by atoms with van der Waals surface area (Å²) < 4.78 is 1.58. The van der Waals surface area contributed by atoms with Crippen molar-refractivity contribution in [3.63, 3.8) is 0 Å². The standard InChI is InChI=1S/C20H19N9O5S3/c1-8-3-11(29-20(24-8)22-7-23-29)35-4-9-5-36-17-13(16(31)28(17)14(9)18(32)33)26-15(30)12(27-34-2)10-6-37-19(21)25-10/h3,6-7,13,17H,4-5H2,1-2H3,(H2,21,25)(H,26,30)(H,32,33)/t13-,17-/m1/s1. The molecule has 0 aliphatic carbocycles. The smallest absolute Gasteiger partial charge is 0.352 e. The predicted molar refractivity (Wildman–Crippen MR) is 136 cm³/mol. The summed E-state index contributed by atoms with van der Waals surface area (Å²) in [6, 6.07) is 0.901. The number of hydrogen-bond donors (Lipinski definition) is 3. The van der Waals surface area contributed by atoms with Gasteiger partial charge in [-0.05, 0) is 18.6 Å². The van der Waals surface area contributed by atoms with E-state index in [0.29, 0.717) is 22.9 Å². The largest absolute Gasteiger partial charge is 0.477 e. The van der Waals surface area contributed by atoms with E-state index in [2.05, 4.69) is 30.5 Å². The van der Waals surface area contributed by atoms with Gasteiger partial charge in [-0.1, -0.05) is 5.16 Å². The fraction of sp³-hybridized carbons (Fsp3) is 0.300. The molecule has 0 saturated carbocycles. The highest BCUT2D eigenvalue weighted by Gasteiger charge is 2.54. The number of carbonyl (C=O) groups excluding carboxylic acids is 2. The van der Waals surface area contributed by atoms with Gasteiger partial charge in [-0.25, -0.2) is 14.8 Å². The molecule has 17 heteroatoms. The van der Waals surface area contributed by atoms with Crippen molar-refractivity contribution in [3.8, 4) is 0 Å². The number of aromatic nitrogens is 5. The minimum absolute atomic E-state index is 0.0783. The third kappa shape index (κ3) is 4.60. The Kier molecular flexibility index (Phi) is 6.74. The molecule has 0 bridgehead atoms. The number of hydrogen-bond acceptors (Lipinski definition) is 13. The lowest BCUT2D eigenvalue weighted by molar-refractivity contribution is -0.150. The normalized spacial score (nSPS) is 19.6. The topological polar surface area (TPSA) is 190 Å². The highest BCUT2D eigenvalue weighted by Crippen LogP contribution is 2.41. The van der Waals surface area contributed by atoms with Gasteiger partial charge < -0.3 is 21.0 Å². The number of nitrogens with two attached hydrogens (primary N) is 1. The summed E-state index contributed by atoms with van der Waals surface area (Å²) >= 11 is 3.87. The third-order valence-electron chi connectivity index (χ3n) is 5.44. The summed E-state index contributed by atoms with van der Waals surface area (Å²) in [6.07, 6.45) is 1.40. The minimum atomic E-state index is -1.21. The quantitative estimate of drug-likeness (QED) is 0.113. The molecule has 0 spiro atoms. The fourth-order valence-electron chi connectivity index (χ4n) is 3.86. The number of anilines is 1. The van der Waals surface area contributed by atoms with Crippen molar-refractivity contribution < 1.29 is 24.3 Å². The first-order valence-electron chi connectivity index (χ1n) is 10.6. The molecule has 1 saturated heterocycles. The van der Waals surface area contributed by atoms with Gasteiger partial charge in [0.15, 0.2) is 10.8 Å². The van der Waals surface area contributed by atoms with Crippen LogP contribution in [0.4, 0.5) is 5.13 Å². The zero-order valence-electron chi connectivity index (χ0n) is 19.3. The number of aliphatic carboxylic acids is 1. The van der Waals surface area contributed by atoms with E-state index < -0.39 is 29.2 Å². The molecule has 1 fully saturated rings. The second-order valence-corrected chi connectivity index (χ2v) is 10.8. The maximum absolute atomic E-state index is 13.0. The molecule has 2 aliphatic heterocycles. The van der Waals surface area contributed by atoms with E-state index in [0.717, 1.165) is 22.1 Å². The van der Waals surface area contributed by atoms with Gasteiger partial charge in [-0.15, -0.1) is 34.9 Å². The van der Waals surface area contributed by atoms with Crippen LogP contribution >= 0.6 is 34.9 Å². The number of thiazole rings is 1. The van der Waals surface area contributed by atoms with Crippen LogP contribution < -0.4 is 11.1 Å². The Hall–Kier alpha value is -3.70. The van der Waals surface area contributed by atoms with Crippen LogP contribution in [-0.2, 0) is 19.2 Å². The fourth-order valence-corrected chi connectivity index (χ4v) is 6.95. The van der Waals surface area contributed by atoms with E-state index in [4.69, 9.17) is 10.6 Å². The van der Waals surface area contributed by atoms with E-state index in [1.54, 1.807) is 9.90 Å². The van der Waals surface area contributed by atoms with Gasteiger partial charge in [0.05, 0.1) is 0 Å². The average Bonchev–Trinajstić information content (AvgIpc) is 3.52. The number of carbonyl (C=O) groups is 3. The maximum Gasteiger partial charge on any atom is 0.352 e. The Labute approximate surface area is 221 Å². The molecule has 4 N–H and O–H groups in total. The van der Waals surface area contributed by atoms with Crippen molar-refractivity contribution in [2.24, 2.45) is 5.16 Å². The lowest BCUT2D eigenvalue weighted by Gasteiger charge is -2.49. The molecule has 5 heterocycles. The first kappa shape index (κ1) is 25.0. The van der Waals surface area contributed by atoms with Crippen LogP contribution in [0.5, 0.6) is 0 Å². The molecule has 2 aliphatic rings. The highest BCUT2D eigenvalue weighted by molar-refractivity contribution is 8.01. The number of β-lactam (4-membered cyclic amide) rings is 1. The van der Waals surface area contributed by atoms with Gasteiger partial charge in [-0.3, -0.25) is 14.5 Å². The Balaban J connectivity index is 1.33.